The van der Waals surface area contributed by atoms with Gasteiger partial charge < -0.3 is 39.9 Å². The first-order chi connectivity index (χ1) is 69.1. The van der Waals surface area contributed by atoms with Crippen molar-refractivity contribution in [1.29, 1.82) is 0 Å². The summed E-state index contributed by atoms with van der Waals surface area (Å²) in [6.07, 6.45) is 16.4. The van der Waals surface area contributed by atoms with E-state index in [1.165, 1.54) is 92.5 Å². The van der Waals surface area contributed by atoms with Crippen LogP contribution in [0.25, 0.3) is 144 Å². The summed E-state index contributed by atoms with van der Waals surface area (Å²) in [5.74, 6) is 0.677. The second-order valence-corrected chi connectivity index (χ2v) is 40.5. The number of pyridine rings is 8. The van der Waals surface area contributed by atoms with Gasteiger partial charge in [-0.2, -0.15) is 11.3 Å². The van der Waals surface area contributed by atoms with E-state index < -0.39 is 0 Å². The molecule has 0 saturated carbocycles. The van der Waals surface area contributed by atoms with Crippen molar-refractivity contribution < 1.29 is 80.4 Å². The predicted octanol–water partition coefficient (Wildman–Crippen LogP) is 34.8. The van der Waals surface area contributed by atoms with Crippen LogP contribution in [0.4, 0.5) is 0 Å². The maximum Gasteiger partial charge on any atom is 0.0239 e. The number of thiophene rings is 1. The quantitative estimate of drug-likeness (QED) is 0.105. The van der Waals surface area contributed by atoms with Crippen molar-refractivity contribution in [3.63, 3.8) is 0 Å². The molecule has 9 aromatic heterocycles. The smallest absolute Gasteiger partial charge is 0.0239 e. The van der Waals surface area contributed by atoms with Gasteiger partial charge in [0.25, 0.3) is 0 Å². The molecule has 0 aliphatic rings. The monoisotopic (exact) mass is 2650 g/mol. The Morgan fingerprint density at radius 2 is 0.558 bits per heavy atom. The van der Waals surface area contributed by atoms with E-state index in [0.717, 1.165) is 96.5 Å². The molecule has 0 bridgehead atoms. The molecule has 0 aliphatic carbocycles. The second-order valence-electron chi connectivity index (χ2n) is 39.4. The standard InChI is InChI=1S/2C21H20N.C18H14N.C17H10NS.3C15H16N.C12H10N.4Ir/c1-21(2,3)19-12-13-22-20(15-19)18-11-7-10-17(14-18)16-8-5-4-6-9-16;1-21(2,3)19-12-13-20(22-15-19)18-11-7-10-17(14-18)16-8-5-4-6-9-16;1-14-10-11-18(19-13-14)17-9-5-8-16(12-17)15-6-3-2-4-7-15;1-2-7-16-13(5-1)14-11-12(8-9-17(14)19-16)15-6-3-4-10-18-15;2*1-15(2,3)13-9-10-14(16-11-13)12-7-5-4-6-8-12;1-12(2)10-13-8-9-15(16-11-13)14-6-4-3-5-7-14;1-10-7-8-12(13-9-10)11-5-3-2-4-6-11;;;;/h2*4-10,12-15H,1-3H3;2-8,10-13H,1H3;1-7,9-11H;2*4-7,9-11H,1-3H3;3-6,8-9,11-12H,10H2,1-2H3;2-5,7-9H,1H3;;;;/q8*-1;;;;. The molecular weight excluding hydrogens is 2520 g/mol. The Morgan fingerprint density at radius 3 is 0.898 bits per heavy atom. The zero-order valence-electron chi connectivity index (χ0n) is 86.1. The predicted molar refractivity (Wildman–Crippen MR) is 600 cm³/mol. The normalized spacial score (nSPS) is 10.7. The average molecular weight is 2650 g/mol. The first-order valence-electron chi connectivity index (χ1n) is 48.6. The van der Waals surface area contributed by atoms with E-state index in [1.54, 1.807) is 0 Å². The van der Waals surface area contributed by atoms with Crippen molar-refractivity contribution in [2.24, 2.45) is 5.92 Å². The topological polar surface area (TPSA) is 103 Å². The Bertz CT molecular complexity index is 7360. The Labute approximate surface area is 930 Å². The van der Waals surface area contributed by atoms with E-state index in [0.29, 0.717) is 5.92 Å². The van der Waals surface area contributed by atoms with Gasteiger partial charge in [-0.05, 0) is 177 Å². The number of aryl methyl sites for hydroxylation is 2. The fraction of sp³-hybridized carbons (Fsp3) is 0.164. The molecule has 0 atom stereocenters. The molecule has 21 aromatic rings. The van der Waals surface area contributed by atoms with Gasteiger partial charge in [0.15, 0.2) is 0 Å². The molecule has 0 saturated heterocycles. The minimum absolute atomic E-state index is 0. The second kappa shape index (κ2) is 56.5. The van der Waals surface area contributed by atoms with Gasteiger partial charge in [-0.15, -0.1) is 274 Å². The molecule has 0 spiro atoms. The van der Waals surface area contributed by atoms with Crippen LogP contribution in [0.15, 0.2) is 432 Å². The Morgan fingerprint density at radius 1 is 0.231 bits per heavy atom. The number of hydrogen-bond acceptors (Lipinski definition) is 9. The molecule has 0 unspecified atom stereocenters. The molecule has 8 nitrogen and oxygen atoms in total. The molecule has 147 heavy (non-hydrogen) atoms. The number of aromatic nitrogens is 8. The summed E-state index contributed by atoms with van der Waals surface area (Å²) in [6.45, 7) is 34.9. The Kier molecular flexibility index (Phi) is 44.5. The molecule has 21 rings (SSSR count). The van der Waals surface area contributed by atoms with Gasteiger partial charge in [0.1, 0.15) is 0 Å². The minimum atomic E-state index is 0. The zero-order chi connectivity index (χ0) is 101. The summed E-state index contributed by atoms with van der Waals surface area (Å²) in [5, 5.41) is 2.61. The summed E-state index contributed by atoms with van der Waals surface area (Å²) in [5.41, 5.74) is 32.6. The van der Waals surface area contributed by atoms with Gasteiger partial charge >= 0.3 is 0 Å². The van der Waals surface area contributed by atoms with Crippen molar-refractivity contribution in [3.05, 3.63) is 519 Å². The molecule has 9 heterocycles. The molecule has 0 amide bonds. The number of hydrogen-bond donors (Lipinski definition) is 0. The first kappa shape index (κ1) is 116. The van der Waals surface area contributed by atoms with E-state index >= 15 is 0 Å². The molecule has 12 aromatic carbocycles. The summed E-state index contributed by atoms with van der Waals surface area (Å²) >= 11 is 1.81. The maximum atomic E-state index is 4.62. The maximum absolute atomic E-state index is 4.62. The molecule has 748 valence electrons. The summed E-state index contributed by atoms with van der Waals surface area (Å²) in [4.78, 5) is 35.7. The first-order valence-corrected chi connectivity index (χ1v) is 49.4. The van der Waals surface area contributed by atoms with Crippen LogP contribution in [0.5, 0.6) is 0 Å². The van der Waals surface area contributed by atoms with Crippen LogP contribution < -0.4 is 0 Å². The summed E-state index contributed by atoms with van der Waals surface area (Å²) in [7, 11) is 0. The number of rotatable bonds is 13. The van der Waals surface area contributed by atoms with Gasteiger partial charge in [-0.1, -0.05) is 303 Å². The van der Waals surface area contributed by atoms with Gasteiger partial charge in [-0.3, -0.25) is 0 Å². The molecular formula is C134H122Ir4N8S-8. The van der Waals surface area contributed by atoms with Gasteiger partial charge in [0.05, 0.1) is 0 Å². The van der Waals surface area contributed by atoms with Crippen LogP contribution in [0.1, 0.15) is 136 Å². The third-order valence-corrected chi connectivity index (χ3v) is 24.7. The number of benzene rings is 12. The largest absolute Gasteiger partial charge is 0.305 e. The average Bonchev–Trinajstić information content (AvgIpc) is 1.63. The van der Waals surface area contributed by atoms with Crippen LogP contribution in [0.2, 0.25) is 0 Å². The Balaban J connectivity index is 0.000000172. The zero-order valence-corrected chi connectivity index (χ0v) is 96.5. The van der Waals surface area contributed by atoms with Gasteiger partial charge in [-0.25, -0.2) is 0 Å². The number of nitrogens with zero attached hydrogens (tertiary/aromatic N) is 8. The van der Waals surface area contributed by atoms with E-state index in [1.807, 2.05) is 239 Å². The molecule has 4 radical (unpaired) electrons. The molecule has 13 heteroatoms. The molecule has 0 aliphatic heterocycles. The van der Waals surface area contributed by atoms with Crippen LogP contribution >= 0.6 is 11.3 Å². The van der Waals surface area contributed by atoms with Crippen molar-refractivity contribution in [3.8, 4) is 123 Å². The SMILES string of the molecule is CC(C)(C)c1ccc(-c2[c-]ccc(-c3ccccc3)c2)nc1.CC(C)(C)c1ccc(-c2[c-]cccc2)nc1.CC(C)(C)c1ccc(-c2[c-]cccc2)nc1.CC(C)(C)c1ccnc(-c2[c-]ccc(-c3ccccc3)c2)c1.CC(C)Cc1ccc(-c2[c-]cccc2)nc1.Cc1ccc(-c2[c-]ccc(-c3ccccc3)c2)nc1.Cc1ccc(-c2[c-]cccc2)nc1.[Ir].[Ir].[Ir].[Ir].[c-]1cc2sc3ccccc3c2cc1-c1ccccn1. The fourth-order valence-corrected chi connectivity index (χ4v) is 16.4. The third-order valence-electron chi connectivity index (χ3n) is 23.6. The summed E-state index contributed by atoms with van der Waals surface area (Å²) in [6, 6.07) is 155. The van der Waals surface area contributed by atoms with E-state index in [2.05, 4.69) is 404 Å². The van der Waals surface area contributed by atoms with Crippen molar-refractivity contribution in [2.75, 3.05) is 0 Å². The minimum Gasteiger partial charge on any atom is -0.305 e. The van der Waals surface area contributed by atoms with E-state index in [-0.39, 0.29) is 102 Å². The molecule has 0 N–H and O–H groups in total. The summed E-state index contributed by atoms with van der Waals surface area (Å²) < 4.78 is 2.60. The Hall–Kier alpha value is -13.3. The van der Waals surface area contributed by atoms with Crippen molar-refractivity contribution in [1.82, 2.24) is 39.9 Å². The third kappa shape index (κ3) is 34.9. The van der Waals surface area contributed by atoms with Crippen molar-refractivity contribution >= 4 is 31.5 Å². The van der Waals surface area contributed by atoms with E-state index in [4.69, 9.17) is 0 Å². The van der Waals surface area contributed by atoms with Gasteiger partial charge in [0.2, 0.25) is 0 Å². The molecule has 0 fully saturated rings. The van der Waals surface area contributed by atoms with Crippen LogP contribution in [-0.2, 0) is 109 Å². The van der Waals surface area contributed by atoms with Crippen LogP contribution in [0.3, 0.4) is 0 Å². The number of fused-ring (bicyclic) bond motifs is 3. The van der Waals surface area contributed by atoms with Gasteiger partial charge in [0, 0.05) is 135 Å². The van der Waals surface area contributed by atoms with Crippen LogP contribution in [0, 0.1) is 68.3 Å². The van der Waals surface area contributed by atoms with Crippen molar-refractivity contribution in [2.45, 2.75) is 139 Å². The van der Waals surface area contributed by atoms with E-state index in [9.17, 15) is 0 Å². The van der Waals surface area contributed by atoms with Crippen LogP contribution in [-0.4, -0.2) is 39.9 Å². The fourth-order valence-electron chi connectivity index (χ4n) is 15.3.